The van der Waals surface area contributed by atoms with Gasteiger partial charge in [0, 0.05) is 25.3 Å². The van der Waals surface area contributed by atoms with Gasteiger partial charge in [-0.3, -0.25) is 0 Å². The first kappa shape index (κ1) is 11.1. The molecule has 0 atom stereocenters. The van der Waals surface area contributed by atoms with E-state index in [0.29, 0.717) is 6.54 Å². The van der Waals surface area contributed by atoms with Crippen molar-refractivity contribution in [3.8, 4) is 0 Å². The molecule has 2 nitrogen and oxygen atoms in total. The van der Waals surface area contributed by atoms with Crippen LogP contribution < -0.4 is 10.6 Å². The number of benzene rings is 1. The van der Waals surface area contributed by atoms with E-state index in [1.165, 1.54) is 16.8 Å². The lowest BCUT2D eigenvalue weighted by Crippen LogP contribution is -2.29. The van der Waals surface area contributed by atoms with Crippen LogP contribution in [0, 0.1) is 13.8 Å². The molecule has 0 aliphatic rings. The first-order valence-electron chi connectivity index (χ1n) is 5.21. The van der Waals surface area contributed by atoms with Crippen LogP contribution in [0.5, 0.6) is 0 Å². The van der Waals surface area contributed by atoms with E-state index in [-0.39, 0.29) is 0 Å². The maximum Gasteiger partial charge on any atom is 0.0398 e. The van der Waals surface area contributed by atoms with Crippen molar-refractivity contribution in [2.75, 3.05) is 24.5 Å². The zero-order valence-electron chi connectivity index (χ0n) is 9.38. The highest BCUT2D eigenvalue weighted by Gasteiger charge is 2.05. The zero-order valence-corrected chi connectivity index (χ0v) is 9.38. The highest BCUT2D eigenvalue weighted by molar-refractivity contribution is 5.54. The van der Waals surface area contributed by atoms with E-state index in [4.69, 9.17) is 5.73 Å². The van der Waals surface area contributed by atoms with Gasteiger partial charge in [-0.1, -0.05) is 12.1 Å². The molecule has 0 aliphatic heterocycles. The second-order valence-electron chi connectivity index (χ2n) is 3.66. The van der Waals surface area contributed by atoms with Crippen molar-refractivity contribution in [2.45, 2.75) is 20.8 Å². The Balaban J connectivity index is 2.96. The topological polar surface area (TPSA) is 29.3 Å². The lowest BCUT2D eigenvalue weighted by molar-refractivity contribution is 0.813. The quantitative estimate of drug-likeness (QED) is 0.791. The highest BCUT2D eigenvalue weighted by Crippen LogP contribution is 2.20. The monoisotopic (exact) mass is 192 g/mol. The third-order valence-electron chi connectivity index (χ3n) is 2.49. The fourth-order valence-corrected chi connectivity index (χ4v) is 1.66. The molecule has 2 N–H and O–H groups in total. The first-order chi connectivity index (χ1) is 6.69. The van der Waals surface area contributed by atoms with E-state index in [9.17, 15) is 0 Å². The molecule has 1 aromatic rings. The third kappa shape index (κ3) is 2.48. The molecule has 0 aliphatic carbocycles. The van der Waals surface area contributed by atoms with E-state index >= 15 is 0 Å². The standard InChI is InChI=1S/C12H20N2/c1-4-14(8-7-13)12-9-10(2)5-6-11(12)3/h5-6,9H,4,7-8,13H2,1-3H3. The molecule has 0 saturated heterocycles. The minimum absolute atomic E-state index is 0.710. The summed E-state index contributed by atoms with van der Waals surface area (Å²) in [6.45, 7) is 9.09. The first-order valence-corrected chi connectivity index (χ1v) is 5.21. The zero-order chi connectivity index (χ0) is 10.6. The van der Waals surface area contributed by atoms with Crippen LogP contribution in [0.4, 0.5) is 5.69 Å². The molecule has 2 heteroatoms. The predicted molar refractivity (Wildman–Crippen MR) is 62.9 cm³/mol. The maximum absolute atomic E-state index is 5.59. The number of likely N-dealkylation sites (N-methyl/N-ethyl adjacent to an activating group) is 1. The molecule has 1 aromatic carbocycles. The Bertz CT molecular complexity index is 294. The summed E-state index contributed by atoms with van der Waals surface area (Å²) in [5, 5.41) is 0. The lowest BCUT2D eigenvalue weighted by atomic mass is 10.1. The van der Waals surface area contributed by atoms with Crippen molar-refractivity contribution in [3.05, 3.63) is 29.3 Å². The summed E-state index contributed by atoms with van der Waals surface area (Å²) in [5.41, 5.74) is 9.54. The van der Waals surface area contributed by atoms with E-state index in [0.717, 1.165) is 13.1 Å². The molecule has 0 radical (unpaired) electrons. The van der Waals surface area contributed by atoms with Gasteiger partial charge in [-0.25, -0.2) is 0 Å². The van der Waals surface area contributed by atoms with Gasteiger partial charge in [-0.15, -0.1) is 0 Å². The summed E-state index contributed by atoms with van der Waals surface area (Å²) in [7, 11) is 0. The second-order valence-corrected chi connectivity index (χ2v) is 3.66. The van der Waals surface area contributed by atoms with Gasteiger partial charge in [-0.2, -0.15) is 0 Å². The van der Waals surface area contributed by atoms with E-state index in [1.54, 1.807) is 0 Å². The Morgan fingerprint density at radius 2 is 2.00 bits per heavy atom. The molecular weight excluding hydrogens is 172 g/mol. The minimum Gasteiger partial charge on any atom is -0.370 e. The average molecular weight is 192 g/mol. The van der Waals surface area contributed by atoms with Crippen LogP contribution >= 0.6 is 0 Å². The smallest absolute Gasteiger partial charge is 0.0398 e. The summed E-state index contributed by atoms with van der Waals surface area (Å²) in [4.78, 5) is 2.32. The predicted octanol–water partition coefficient (Wildman–Crippen LogP) is 2.09. The van der Waals surface area contributed by atoms with Gasteiger partial charge in [0.15, 0.2) is 0 Å². The maximum atomic E-state index is 5.59. The molecular formula is C12H20N2. The van der Waals surface area contributed by atoms with Crippen LogP contribution in [0.15, 0.2) is 18.2 Å². The van der Waals surface area contributed by atoms with E-state index < -0.39 is 0 Å². The van der Waals surface area contributed by atoms with Crippen LogP contribution in [-0.2, 0) is 0 Å². The molecule has 0 heterocycles. The van der Waals surface area contributed by atoms with Gasteiger partial charge in [0.05, 0.1) is 0 Å². The van der Waals surface area contributed by atoms with Crippen molar-refractivity contribution in [1.82, 2.24) is 0 Å². The van der Waals surface area contributed by atoms with Gasteiger partial charge in [-0.05, 0) is 38.0 Å². The number of hydrogen-bond acceptors (Lipinski definition) is 2. The molecule has 0 bridgehead atoms. The second kappa shape index (κ2) is 5.01. The lowest BCUT2D eigenvalue weighted by Gasteiger charge is -2.24. The average Bonchev–Trinajstić information content (AvgIpc) is 2.18. The summed E-state index contributed by atoms with van der Waals surface area (Å²) in [6, 6.07) is 6.55. The molecule has 0 aromatic heterocycles. The SMILES string of the molecule is CCN(CCN)c1cc(C)ccc1C. The minimum atomic E-state index is 0.710. The van der Waals surface area contributed by atoms with Gasteiger partial charge in [0.25, 0.3) is 0 Å². The van der Waals surface area contributed by atoms with Crippen molar-refractivity contribution < 1.29 is 0 Å². The van der Waals surface area contributed by atoms with Gasteiger partial charge >= 0.3 is 0 Å². The van der Waals surface area contributed by atoms with E-state index in [2.05, 4.69) is 43.9 Å². The Morgan fingerprint density at radius 1 is 1.29 bits per heavy atom. The molecule has 0 saturated carbocycles. The molecule has 0 amide bonds. The number of anilines is 1. The summed E-state index contributed by atoms with van der Waals surface area (Å²) < 4.78 is 0. The van der Waals surface area contributed by atoms with Crippen molar-refractivity contribution in [2.24, 2.45) is 5.73 Å². The number of hydrogen-bond donors (Lipinski definition) is 1. The molecule has 78 valence electrons. The van der Waals surface area contributed by atoms with Crippen LogP contribution in [0.1, 0.15) is 18.1 Å². The van der Waals surface area contributed by atoms with Crippen molar-refractivity contribution in [1.29, 1.82) is 0 Å². The van der Waals surface area contributed by atoms with Gasteiger partial charge in [0.2, 0.25) is 0 Å². The Kier molecular flexibility index (Phi) is 3.96. The molecule has 1 rings (SSSR count). The van der Waals surface area contributed by atoms with Crippen molar-refractivity contribution in [3.63, 3.8) is 0 Å². The Hall–Kier alpha value is -1.02. The Morgan fingerprint density at radius 3 is 2.57 bits per heavy atom. The third-order valence-corrected chi connectivity index (χ3v) is 2.49. The molecule has 0 spiro atoms. The largest absolute Gasteiger partial charge is 0.370 e. The fourth-order valence-electron chi connectivity index (χ4n) is 1.66. The fraction of sp³-hybridized carbons (Fsp3) is 0.500. The molecule has 0 unspecified atom stereocenters. The molecule has 14 heavy (non-hydrogen) atoms. The van der Waals surface area contributed by atoms with Crippen LogP contribution in [-0.4, -0.2) is 19.6 Å². The van der Waals surface area contributed by atoms with Gasteiger partial charge < -0.3 is 10.6 Å². The van der Waals surface area contributed by atoms with Crippen molar-refractivity contribution >= 4 is 5.69 Å². The number of nitrogens with two attached hydrogens (primary N) is 1. The Labute approximate surface area is 86.7 Å². The summed E-state index contributed by atoms with van der Waals surface area (Å²) >= 11 is 0. The van der Waals surface area contributed by atoms with Crippen LogP contribution in [0.2, 0.25) is 0 Å². The van der Waals surface area contributed by atoms with Crippen LogP contribution in [0.25, 0.3) is 0 Å². The summed E-state index contributed by atoms with van der Waals surface area (Å²) in [5.74, 6) is 0. The van der Waals surface area contributed by atoms with Crippen LogP contribution in [0.3, 0.4) is 0 Å². The van der Waals surface area contributed by atoms with E-state index in [1.807, 2.05) is 0 Å². The number of nitrogens with zero attached hydrogens (tertiary/aromatic N) is 1. The number of aryl methyl sites for hydroxylation is 2. The highest BCUT2D eigenvalue weighted by atomic mass is 15.1. The summed E-state index contributed by atoms with van der Waals surface area (Å²) in [6.07, 6.45) is 0. The van der Waals surface area contributed by atoms with Gasteiger partial charge in [0.1, 0.15) is 0 Å². The number of rotatable bonds is 4. The molecule has 0 fully saturated rings. The normalized spacial score (nSPS) is 10.3.